The van der Waals surface area contributed by atoms with E-state index < -0.39 is 0 Å². The molecule has 0 bridgehead atoms. The van der Waals surface area contributed by atoms with E-state index in [-0.39, 0.29) is 6.10 Å². The topological polar surface area (TPSA) is 52.7 Å². The standard InChI is InChI=1S/C15H25N3O/c1-11-12(5-4-6-15(11)16)8-18-10-14(19)7-13(18)9-17(2)3/h4-6,13-14,19H,7-10,16H2,1-3H3. The summed E-state index contributed by atoms with van der Waals surface area (Å²) in [5.74, 6) is 0. The number of hydrogen-bond acceptors (Lipinski definition) is 4. The first kappa shape index (κ1) is 14.3. The Morgan fingerprint density at radius 1 is 1.42 bits per heavy atom. The Bertz CT molecular complexity index is 433. The van der Waals surface area contributed by atoms with Crippen molar-refractivity contribution in [2.45, 2.75) is 32.0 Å². The summed E-state index contributed by atoms with van der Waals surface area (Å²) < 4.78 is 0. The van der Waals surface area contributed by atoms with E-state index in [1.54, 1.807) is 0 Å². The monoisotopic (exact) mass is 263 g/mol. The van der Waals surface area contributed by atoms with Crippen LogP contribution in [0.1, 0.15) is 17.5 Å². The number of hydrogen-bond donors (Lipinski definition) is 2. The van der Waals surface area contributed by atoms with E-state index >= 15 is 0 Å². The molecule has 0 radical (unpaired) electrons. The molecule has 2 atom stereocenters. The highest BCUT2D eigenvalue weighted by atomic mass is 16.3. The lowest BCUT2D eigenvalue weighted by molar-refractivity contribution is 0.169. The summed E-state index contributed by atoms with van der Waals surface area (Å²) in [6.07, 6.45) is 0.658. The van der Waals surface area contributed by atoms with E-state index in [0.717, 1.165) is 37.3 Å². The second kappa shape index (κ2) is 5.90. The number of rotatable bonds is 4. The van der Waals surface area contributed by atoms with Crippen molar-refractivity contribution in [3.05, 3.63) is 29.3 Å². The van der Waals surface area contributed by atoms with E-state index in [1.807, 2.05) is 12.1 Å². The van der Waals surface area contributed by atoms with Crippen molar-refractivity contribution in [3.63, 3.8) is 0 Å². The van der Waals surface area contributed by atoms with Crippen molar-refractivity contribution in [1.82, 2.24) is 9.80 Å². The number of likely N-dealkylation sites (tertiary alicyclic amines) is 1. The molecule has 1 aromatic carbocycles. The number of likely N-dealkylation sites (N-methyl/N-ethyl adjacent to an activating group) is 1. The predicted molar refractivity (Wildman–Crippen MR) is 79.0 cm³/mol. The highest BCUT2D eigenvalue weighted by Gasteiger charge is 2.31. The fourth-order valence-corrected chi connectivity index (χ4v) is 2.86. The first-order valence-electron chi connectivity index (χ1n) is 6.88. The molecule has 0 aromatic heterocycles. The molecule has 1 aliphatic heterocycles. The zero-order valence-electron chi connectivity index (χ0n) is 12.1. The lowest BCUT2D eigenvalue weighted by Gasteiger charge is -2.27. The third kappa shape index (κ3) is 3.47. The fourth-order valence-electron chi connectivity index (χ4n) is 2.86. The second-order valence-corrected chi connectivity index (χ2v) is 5.87. The first-order valence-corrected chi connectivity index (χ1v) is 6.88. The van der Waals surface area contributed by atoms with Gasteiger partial charge in [-0.15, -0.1) is 0 Å². The largest absolute Gasteiger partial charge is 0.399 e. The van der Waals surface area contributed by atoms with Crippen LogP contribution in [-0.2, 0) is 6.54 Å². The molecule has 0 spiro atoms. The molecule has 1 fully saturated rings. The number of nitrogens with two attached hydrogens (primary N) is 1. The molecule has 2 rings (SSSR count). The number of aliphatic hydroxyl groups excluding tert-OH is 1. The molecular weight excluding hydrogens is 238 g/mol. The van der Waals surface area contributed by atoms with Crippen molar-refractivity contribution < 1.29 is 5.11 Å². The first-order chi connectivity index (χ1) is 8.97. The number of nitrogen functional groups attached to an aromatic ring is 1. The van der Waals surface area contributed by atoms with Crippen LogP contribution in [-0.4, -0.2) is 54.2 Å². The van der Waals surface area contributed by atoms with Crippen LogP contribution < -0.4 is 5.73 Å². The van der Waals surface area contributed by atoms with E-state index in [4.69, 9.17) is 5.73 Å². The quantitative estimate of drug-likeness (QED) is 0.798. The van der Waals surface area contributed by atoms with Gasteiger partial charge in [-0.05, 0) is 44.6 Å². The highest BCUT2D eigenvalue weighted by molar-refractivity contribution is 5.49. The van der Waals surface area contributed by atoms with Gasteiger partial charge in [0.25, 0.3) is 0 Å². The Morgan fingerprint density at radius 2 is 2.16 bits per heavy atom. The van der Waals surface area contributed by atoms with Gasteiger partial charge in [0.1, 0.15) is 0 Å². The number of aliphatic hydroxyl groups is 1. The van der Waals surface area contributed by atoms with Crippen LogP contribution in [0.3, 0.4) is 0 Å². The fraction of sp³-hybridized carbons (Fsp3) is 0.600. The molecule has 0 aliphatic carbocycles. The van der Waals surface area contributed by atoms with Crippen LogP contribution in [0, 0.1) is 6.92 Å². The van der Waals surface area contributed by atoms with Crippen LogP contribution in [0.15, 0.2) is 18.2 Å². The van der Waals surface area contributed by atoms with Crippen molar-refractivity contribution in [1.29, 1.82) is 0 Å². The van der Waals surface area contributed by atoms with Gasteiger partial charge in [-0.1, -0.05) is 12.1 Å². The number of benzene rings is 1. The van der Waals surface area contributed by atoms with Gasteiger partial charge in [0.15, 0.2) is 0 Å². The molecule has 1 saturated heterocycles. The van der Waals surface area contributed by atoms with Crippen LogP contribution >= 0.6 is 0 Å². The summed E-state index contributed by atoms with van der Waals surface area (Å²) in [7, 11) is 4.16. The lowest BCUT2D eigenvalue weighted by atomic mass is 10.1. The maximum absolute atomic E-state index is 9.90. The van der Waals surface area contributed by atoms with Gasteiger partial charge in [0, 0.05) is 31.4 Å². The molecule has 3 N–H and O–H groups in total. The summed E-state index contributed by atoms with van der Waals surface area (Å²) in [5, 5.41) is 9.90. The smallest absolute Gasteiger partial charge is 0.0682 e. The molecule has 106 valence electrons. The Kier molecular flexibility index (Phi) is 4.45. The van der Waals surface area contributed by atoms with Crippen molar-refractivity contribution in [2.75, 3.05) is 32.9 Å². The Labute approximate surface area is 115 Å². The van der Waals surface area contributed by atoms with Gasteiger partial charge in [0.05, 0.1) is 6.10 Å². The second-order valence-electron chi connectivity index (χ2n) is 5.87. The summed E-state index contributed by atoms with van der Waals surface area (Å²) in [4.78, 5) is 4.55. The maximum Gasteiger partial charge on any atom is 0.0682 e. The van der Waals surface area contributed by atoms with E-state index in [0.29, 0.717) is 6.04 Å². The Morgan fingerprint density at radius 3 is 2.84 bits per heavy atom. The van der Waals surface area contributed by atoms with E-state index in [9.17, 15) is 5.11 Å². The Hall–Kier alpha value is -1.10. The molecule has 1 aromatic rings. The molecular formula is C15H25N3O. The zero-order chi connectivity index (χ0) is 14.0. The highest BCUT2D eigenvalue weighted by Crippen LogP contribution is 2.24. The molecule has 1 aliphatic rings. The molecule has 19 heavy (non-hydrogen) atoms. The van der Waals surface area contributed by atoms with Gasteiger partial charge in [-0.25, -0.2) is 0 Å². The maximum atomic E-state index is 9.90. The van der Waals surface area contributed by atoms with Crippen molar-refractivity contribution in [2.24, 2.45) is 0 Å². The summed E-state index contributed by atoms with van der Waals surface area (Å²) >= 11 is 0. The minimum atomic E-state index is -0.202. The van der Waals surface area contributed by atoms with Gasteiger partial charge >= 0.3 is 0 Å². The van der Waals surface area contributed by atoms with Crippen molar-refractivity contribution >= 4 is 5.69 Å². The van der Waals surface area contributed by atoms with Gasteiger partial charge in [-0.2, -0.15) is 0 Å². The number of nitrogens with zero attached hydrogens (tertiary/aromatic N) is 2. The average Bonchev–Trinajstić information content (AvgIpc) is 2.64. The van der Waals surface area contributed by atoms with Gasteiger partial charge in [-0.3, -0.25) is 4.90 Å². The minimum absolute atomic E-state index is 0.202. The Balaban J connectivity index is 2.10. The molecule has 2 unspecified atom stereocenters. The van der Waals surface area contributed by atoms with Crippen LogP contribution in [0.2, 0.25) is 0 Å². The molecule has 4 heteroatoms. The SMILES string of the molecule is Cc1c(N)cccc1CN1CC(O)CC1CN(C)C. The molecule has 1 heterocycles. The van der Waals surface area contributed by atoms with Gasteiger partial charge in [0.2, 0.25) is 0 Å². The zero-order valence-corrected chi connectivity index (χ0v) is 12.1. The van der Waals surface area contributed by atoms with Crippen LogP contribution in [0.4, 0.5) is 5.69 Å². The van der Waals surface area contributed by atoms with Crippen LogP contribution in [0.5, 0.6) is 0 Å². The van der Waals surface area contributed by atoms with Crippen molar-refractivity contribution in [3.8, 4) is 0 Å². The summed E-state index contributed by atoms with van der Waals surface area (Å²) in [6.45, 7) is 4.68. The van der Waals surface area contributed by atoms with E-state index in [1.165, 1.54) is 5.56 Å². The van der Waals surface area contributed by atoms with Crippen LogP contribution in [0.25, 0.3) is 0 Å². The summed E-state index contributed by atoms with van der Waals surface area (Å²) in [6, 6.07) is 6.49. The molecule has 4 nitrogen and oxygen atoms in total. The lowest BCUT2D eigenvalue weighted by Crippen LogP contribution is -2.37. The minimum Gasteiger partial charge on any atom is -0.399 e. The number of anilines is 1. The third-order valence-corrected chi connectivity index (χ3v) is 3.94. The number of β-amino-alcohol motifs (C(OH)–C–C–N with tert-alkyl or cyclic N) is 1. The normalized spacial score (nSPS) is 24.3. The predicted octanol–water partition coefficient (Wildman–Crippen LogP) is 1.07. The molecule has 0 saturated carbocycles. The third-order valence-electron chi connectivity index (χ3n) is 3.94. The van der Waals surface area contributed by atoms with E-state index in [2.05, 4.69) is 36.9 Å². The summed E-state index contributed by atoms with van der Waals surface area (Å²) in [5.41, 5.74) is 9.23. The van der Waals surface area contributed by atoms with Gasteiger partial charge < -0.3 is 15.7 Å². The molecule has 0 amide bonds. The average molecular weight is 263 g/mol.